The topological polar surface area (TPSA) is 80.4 Å². The summed E-state index contributed by atoms with van der Waals surface area (Å²) in [6.07, 6.45) is 3.99. The van der Waals surface area contributed by atoms with Crippen LogP contribution >= 0.6 is 0 Å². The summed E-state index contributed by atoms with van der Waals surface area (Å²) < 4.78 is 9.95. The van der Waals surface area contributed by atoms with Gasteiger partial charge in [0.25, 0.3) is 0 Å². The minimum atomic E-state index is -0.436. The van der Waals surface area contributed by atoms with E-state index in [-0.39, 0.29) is 18.3 Å². The van der Waals surface area contributed by atoms with E-state index < -0.39 is 6.04 Å². The van der Waals surface area contributed by atoms with Gasteiger partial charge in [0.15, 0.2) is 0 Å². The molecule has 3 aromatic rings. The van der Waals surface area contributed by atoms with Crippen LogP contribution in [0, 0.1) is 0 Å². The molecule has 0 fully saturated rings. The molecular weight excluding hydrogens is 368 g/mol. The van der Waals surface area contributed by atoms with Crippen LogP contribution in [0.2, 0.25) is 0 Å². The molecule has 1 amide bonds. The van der Waals surface area contributed by atoms with Gasteiger partial charge in [0.2, 0.25) is 5.91 Å². The zero-order chi connectivity index (χ0) is 20.6. The second kappa shape index (κ2) is 9.78. The van der Waals surface area contributed by atoms with E-state index in [9.17, 15) is 9.59 Å². The van der Waals surface area contributed by atoms with Crippen molar-refractivity contribution in [3.8, 4) is 5.75 Å². The summed E-state index contributed by atoms with van der Waals surface area (Å²) in [5.41, 5.74) is 3.14. The summed E-state index contributed by atoms with van der Waals surface area (Å²) in [4.78, 5) is 27.6. The zero-order valence-corrected chi connectivity index (χ0v) is 16.7. The Morgan fingerprint density at radius 2 is 1.83 bits per heavy atom. The Labute approximate surface area is 170 Å². The molecule has 0 spiro atoms. The molecule has 6 nitrogen and oxygen atoms in total. The van der Waals surface area contributed by atoms with Crippen LogP contribution in [-0.4, -0.2) is 31.1 Å². The zero-order valence-electron chi connectivity index (χ0n) is 16.7. The molecule has 0 radical (unpaired) electrons. The first-order valence-corrected chi connectivity index (χ1v) is 9.66. The number of hydrogen-bond donors (Lipinski definition) is 2. The molecule has 152 valence electrons. The molecule has 2 aromatic carbocycles. The van der Waals surface area contributed by atoms with Crippen LogP contribution in [0.1, 0.15) is 36.4 Å². The smallest absolute Gasteiger partial charge is 0.307 e. The van der Waals surface area contributed by atoms with Gasteiger partial charge >= 0.3 is 5.97 Å². The number of carbonyl (C=O) groups excluding carboxylic acids is 2. The predicted molar refractivity (Wildman–Crippen MR) is 112 cm³/mol. The predicted octanol–water partition coefficient (Wildman–Crippen LogP) is 3.92. The lowest BCUT2D eigenvalue weighted by Gasteiger charge is -2.18. The lowest BCUT2D eigenvalue weighted by molar-refractivity contribution is -0.141. The number of fused-ring (bicyclic) bond motifs is 1. The molecule has 1 aromatic heterocycles. The largest absolute Gasteiger partial charge is 0.497 e. The summed E-state index contributed by atoms with van der Waals surface area (Å²) in [6.45, 7) is 0. The van der Waals surface area contributed by atoms with Crippen molar-refractivity contribution < 1.29 is 19.1 Å². The first kappa shape index (κ1) is 20.5. The average molecular weight is 394 g/mol. The molecule has 29 heavy (non-hydrogen) atoms. The highest BCUT2D eigenvalue weighted by atomic mass is 16.5. The highest BCUT2D eigenvalue weighted by molar-refractivity contribution is 5.83. The second-order valence-electron chi connectivity index (χ2n) is 6.89. The fourth-order valence-corrected chi connectivity index (χ4v) is 3.38. The maximum Gasteiger partial charge on any atom is 0.307 e. The highest BCUT2D eigenvalue weighted by Crippen LogP contribution is 2.22. The number of H-pyrrole nitrogens is 1. The molecule has 6 heteroatoms. The van der Waals surface area contributed by atoms with E-state index >= 15 is 0 Å². The van der Waals surface area contributed by atoms with Crippen molar-refractivity contribution in [2.24, 2.45) is 0 Å². The van der Waals surface area contributed by atoms with Crippen molar-refractivity contribution >= 4 is 22.8 Å². The molecule has 1 heterocycles. The summed E-state index contributed by atoms with van der Waals surface area (Å²) >= 11 is 0. The van der Waals surface area contributed by atoms with Crippen LogP contribution in [-0.2, 0) is 20.7 Å². The Hall–Kier alpha value is -3.28. The lowest BCUT2D eigenvalue weighted by Crippen LogP contribution is -2.30. The summed E-state index contributed by atoms with van der Waals surface area (Å²) in [7, 11) is 2.94. The van der Waals surface area contributed by atoms with E-state index in [1.165, 1.54) is 18.1 Å². The van der Waals surface area contributed by atoms with Gasteiger partial charge in [-0.2, -0.15) is 0 Å². The number of aromatic nitrogens is 1. The Kier molecular flexibility index (Phi) is 6.89. The van der Waals surface area contributed by atoms with Crippen LogP contribution in [0.4, 0.5) is 0 Å². The fraction of sp³-hybridized carbons (Fsp3) is 0.304. The molecule has 0 aliphatic heterocycles. The third kappa shape index (κ3) is 5.38. The van der Waals surface area contributed by atoms with Gasteiger partial charge in [-0.3, -0.25) is 9.59 Å². The lowest BCUT2D eigenvalue weighted by atomic mass is 10.0. The molecule has 0 aliphatic carbocycles. The summed E-state index contributed by atoms with van der Waals surface area (Å²) in [5.74, 6) is 0.259. The molecule has 0 saturated heterocycles. The van der Waals surface area contributed by atoms with Crippen molar-refractivity contribution in [1.29, 1.82) is 0 Å². The Morgan fingerprint density at radius 1 is 1.07 bits per heavy atom. The maximum absolute atomic E-state index is 12.5. The van der Waals surface area contributed by atoms with E-state index in [0.29, 0.717) is 6.42 Å². The normalized spacial score (nSPS) is 11.8. The number of nitrogens with one attached hydrogen (secondary N) is 2. The second-order valence-corrected chi connectivity index (χ2v) is 6.89. The van der Waals surface area contributed by atoms with Crippen molar-refractivity contribution in [1.82, 2.24) is 10.3 Å². The van der Waals surface area contributed by atoms with Gasteiger partial charge in [0, 0.05) is 23.5 Å². The molecule has 1 unspecified atom stereocenters. The fourth-order valence-electron chi connectivity index (χ4n) is 3.38. The van der Waals surface area contributed by atoms with Gasteiger partial charge in [-0.15, -0.1) is 0 Å². The van der Waals surface area contributed by atoms with Gasteiger partial charge in [0.05, 0.1) is 26.7 Å². The molecule has 3 rings (SSSR count). The number of amides is 1. The number of benzene rings is 2. The Balaban J connectivity index is 1.59. The molecule has 0 bridgehead atoms. The number of ether oxygens (including phenoxy) is 2. The van der Waals surface area contributed by atoms with Crippen molar-refractivity contribution in [2.45, 2.75) is 31.7 Å². The first-order chi connectivity index (χ1) is 14.1. The standard InChI is InChI=1S/C23H26N2O4/c1-28-18-12-10-16(11-13-18)21(14-23(27)29-2)25-22(26)9-5-6-17-15-24-20-8-4-3-7-19(17)20/h3-4,7-8,10-13,15,21,24H,5-6,9,14H2,1-2H3,(H,25,26). The van der Waals surface area contributed by atoms with Gasteiger partial charge in [-0.05, 0) is 42.2 Å². The van der Waals surface area contributed by atoms with E-state index in [1.807, 2.05) is 48.7 Å². The molecule has 0 aliphatic rings. The van der Waals surface area contributed by atoms with Crippen molar-refractivity contribution in [3.63, 3.8) is 0 Å². The van der Waals surface area contributed by atoms with Crippen LogP contribution in [0.5, 0.6) is 5.75 Å². The highest BCUT2D eigenvalue weighted by Gasteiger charge is 2.19. The number of carbonyl (C=O) groups is 2. The molecule has 2 N–H and O–H groups in total. The van der Waals surface area contributed by atoms with Crippen molar-refractivity contribution in [2.75, 3.05) is 14.2 Å². The molecule has 0 saturated carbocycles. The van der Waals surface area contributed by atoms with E-state index in [0.717, 1.165) is 29.7 Å². The SMILES string of the molecule is COC(=O)CC(NC(=O)CCCc1c[nH]c2ccccc12)c1ccc(OC)cc1. The minimum Gasteiger partial charge on any atom is -0.497 e. The minimum absolute atomic E-state index is 0.0804. The van der Waals surface area contributed by atoms with Crippen LogP contribution in [0.3, 0.4) is 0 Å². The maximum atomic E-state index is 12.5. The van der Waals surface area contributed by atoms with Crippen LogP contribution in [0.15, 0.2) is 54.7 Å². The Bertz CT molecular complexity index is 962. The first-order valence-electron chi connectivity index (χ1n) is 9.66. The number of aryl methyl sites for hydroxylation is 1. The number of rotatable bonds is 9. The van der Waals surface area contributed by atoms with Crippen LogP contribution in [0.25, 0.3) is 10.9 Å². The van der Waals surface area contributed by atoms with E-state index in [4.69, 9.17) is 9.47 Å². The third-order valence-corrected chi connectivity index (χ3v) is 4.98. The molecule has 1 atom stereocenters. The Morgan fingerprint density at radius 3 is 2.55 bits per heavy atom. The number of methoxy groups -OCH3 is 2. The summed E-state index contributed by atoms with van der Waals surface area (Å²) in [6, 6.07) is 15.0. The number of esters is 1. The number of aromatic amines is 1. The quantitative estimate of drug-likeness (QED) is 0.539. The number of hydrogen-bond acceptors (Lipinski definition) is 4. The van der Waals surface area contributed by atoms with Gasteiger partial charge in [-0.1, -0.05) is 30.3 Å². The van der Waals surface area contributed by atoms with Crippen LogP contribution < -0.4 is 10.1 Å². The van der Waals surface area contributed by atoms with Gasteiger partial charge in [-0.25, -0.2) is 0 Å². The number of para-hydroxylation sites is 1. The van der Waals surface area contributed by atoms with Crippen molar-refractivity contribution in [3.05, 3.63) is 65.9 Å². The average Bonchev–Trinajstić information content (AvgIpc) is 3.16. The summed E-state index contributed by atoms with van der Waals surface area (Å²) in [5, 5.41) is 4.15. The molecular formula is C23H26N2O4. The third-order valence-electron chi connectivity index (χ3n) is 4.98. The van der Waals surface area contributed by atoms with E-state index in [1.54, 1.807) is 7.11 Å². The van der Waals surface area contributed by atoms with Gasteiger partial charge < -0.3 is 19.8 Å². The monoisotopic (exact) mass is 394 g/mol. The van der Waals surface area contributed by atoms with E-state index in [2.05, 4.69) is 16.4 Å². The van der Waals surface area contributed by atoms with Gasteiger partial charge in [0.1, 0.15) is 5.75 Å².